The van der Waals surface area contributed by atoms with Gasteiger partial charge in [-0.1, -0.05) is 30.4 Å². The van der Waals surface area contributed by atoms with Crippen LogP contribution in [0.3, 0.4) is 0 Å². The Balaban J connectivity index is 2.91. The van der Waals surface area contributed by atoms with Gasteiger partial charge in [0.15, 0.2) is 0 Å². The third-order valence-electron chi connectivity index (χ3n) is 1.56. The molecule has 2 nitrogen and oxygen atoms in total. The van der Waals surface area contributed by atoms with E-state index < -0.39 is 6.36 Å². The van der Waals surface area contributed by atoms with Gasteiger partial charge in [0.05, 0.1) is 4.99 Å². The molecule has 1 aromatic rings. The highest BCUT2D eigenvalue weighted by molar-refractivity contribution is 7.80. The Morgan fingerprint density at radius 1 is 1.33 bits per heavy atom. The first-order chi connectivity index (χ1) is 6.88. The van der Waals surface area contributed by atoms with Crippen LogP contribution in [-0.4, -0.2) is 11.4 Å². The van der Waals surface area contributed by atoms with Crippen LogP contribution >= 0.6 is 12.2 Å². The molecule has 2 N–H and O–H groups in total. The number of ether oxygens (including phenoxy) is 1. The molecule has 0 aliphatic carbocycles. The predicted molar refractivity (Wildman–Crippen MR) is 53.6 cm³/mol. The molecule has 0 aliphatic heterocycles. The molecule has 0 radical (unpaired) electrons. The molecule has 1 rings (SSSR count). The summed E-state index contributed by atoms with van der Waals surface area (Å²) in [7, 11) is 0. The van der Waals surface area contributed by atoms with Crippen LogP contribution in [0.2, 0.25) is 0 Å². The maximum absolute atomic E-state index is 12.0. The minimum absolute atomic E-state index is 0.0849. The molecule has 0 atom stereocenters. The lowest BCUT2D eigenvalue weighted by Crippen LogP contribution is -2.19. The quantitative estimate of drug-likeness (QED) is 0.817. The zero-order valence-electron chi connectivity index (χ0n) is 7.54. The van der Waals surface area contributed by atoms with Crippen molar-refractivity contribution in [3.05, 3.63) is 29.8 Å². The average Bonchev–Trinajstić information content (AvgIpc) is 2.05. The van der Waals surface area contributed by atoms with E-state index in [0.29, 0.717) is 5.56 Å². The molecule has 0 unspecified atom stereocenters. The van der Waals surface area contributed by atoms with Crippen LogP contribution in [0.15, 0.2) is 24.3 Å². The second kappa shape index (κ2) is 4.48. The lowest BCUT2D eigenvalue weighted by atomic mass is 10.1. The number of hydrogen-bond acceptors (Lipinski definition) is 2. The molecule has 6 heteroatoms. The molecule has 0 saturated carbocycles. The monoisotopic (exact) mass is 235 g/mol. The van der Waals surface area contributed by atoms with Gasteiger partial charge in [0.2, 0.25) is 0 Å². The van der Waals surface area contributed by atoms with Crippen LogP contribution < -0.4 is 10.5 Å². The largest absolute Gasteiger partial charge is 0.573 e. The lowest BCUT2D eigenvalue weighted by molar-refractivity contribution is -0.274. The molecule has 0 aliphatic rings. The molecular weight excluding hydrogens is 227 g/mol. The number of para-hydroxylation sites is 1. The van der Waals surface area contributed by atoms with Gasteiger partial charge in [0, 0.05) is 12.0 Å². The van der Waals surface area contributed by atoms with Crippen LogP contribution in [0.4, 0.5) is 13.2 Å². The Bertz CT molecular complexity index is 365. The average molecular weight is 235 g/mol. The minimum Gasteiger partial charge on any atom is -0.405 e. The second-order valence-electron chi connectivity index (χ2n) is 2.80. The number of hydrogen-bond donors (Lipinski definition) is 1. The Morgan fingerprint density at radius 2 is 1.93 bits per heavy atom. The fourth-order valence-electron chi connectivity index (χ4n) is 1.06. The van der Waals surface area contributed by atoms with Crippen molar-refractivity contribution in [2.24, 2.45) is 5.73 Å². The van der Waals surface area contributed by atoms with Crippen LogP contribution in [-0.2, 0) is 6.42 Å². The number of benzene rings is 1. The predicted octanol–water partition coefficient (Wildman–Crippen LogP) is 2.41. The fraction of sp³-hybridized carbons (Fsp3) is 0.222. The SMILES string of the molecule is NC(=S)Cc1ccccc1OC(F)(F)F. The highest BCUT2D eigenvalue weighted by Crippen LogP contribution is 2.26. The summed E-state index contributed by atoms with van der Waals surface area (Å²) in [6.07, 6.45) is -4.62. The lowest BCUT2D eigenvalue weighted by Gasteiger charge is -2.12. The third-order valence-corrected chi connectivity index (χ3v) is 1.71. The number of rotatable bonds is 3. The van der Waals surface area contributed by atoms with Gasteiger partial charge in [-0.3, -0.25) is 0 Å². The van der Waals surface area contributed by atoms with Gasteiger partial charge in [-0.05, 0) is 6.07 Å². The summed E-state index contributed by atoms with van der Waals surface area (Å²) in [5, 5.41) is 0. The zero-order chi connectivity index (χ0) is 11.5. The Morgan fingerprint density at radius 3 is 2.47 bits per heavy atom. The van der Waals surface area contributed by atoms with Gasteiger partial charge in [-0.2, -0.15) is 0 Å². The van der Waals surface area contributed by atoms with Crippen LogP contribution in [0.1, 0.15) is 5.56 Å². The molecule has 0 heterocycles. The standard InChI is InChI=1S/C9H8F3NOS/c10-9(11,12)14-7-4-2-1-3-6(7)5-8(13)15/h1-4H,5H2,(H2,13,15). The first-order valence-corrected chi connectivity index (χ1v) is 4.41. The summed E-state index contributed by atoms with van der Waals surface area (Å²) < 4.78 is 39.7. The normalized spacial score (nSPS) is 11.1. The van der Waals surface area contributed by atoms with E-state index in [1.807, 2.05) is 0 Å². The van der Waals surface area contributed by atoms with E-state index in [0.717, 1.165) is 0 Å². The maximum atomic E-state index is 12.0. The topological polar surface area (TPSA) is 35.2 Å². The van der Waals surface area contributed by atoms with Crippen molar-refractivity contribution in [2.45, 2.75) is 12.8 Å². The number of alkyl halides is 3. The molecule has 0 saturated heterocycles. The summed E-state index contributed by atoms with van der Waals surface area (Å²) >= 11 is 4.62. The van der Waals surface area contributed by atoms with E-state index in [1.165, 1.54) is 18.2 Å². The first-order valence-electron chi connectivity index (χ1n) is 4.00. The molecule has 0 amide bonds. The summed E-state index contributed by atoms with van der Waals surface area (Å²) in [5.74, 6) is -0.266. The maximum Gasteiger partial charge on any atom is 0.573 e. The van der Waals surface area contributed by atoms with E-state index >= 15 is 0 Å². The zero-order valence-corrected chi connectivity index (χ0v) is 8.36. The van der Waals surface area contributed by atoms with Crippen molar-refractivity contribution in [3.8, 4) is 5.75 Å². The van der Waals surface area contributed by atoms with Crippen LogP contribution in [0.25, 0.3) is 0 Å². The summed E-state index contributed by atoms with van der Waals surface area (Å²) in [6, 6.07) is 5.75. The van der Waals surface area contributed by atoms with Crippen LogP contribution in [0.5, 0.6) is 5.75 Å². The molecule has 15 heavy (non-hydrogen) atoms. The van der Waals surface area contributed by atoms with Crippen molar-refractivity contribution in [1.82, 2.24) is 0 Å². The number of thiocarbonyl (C=S) groups is 1. The van der Waals surface area contributed by atoms with Crippen molar-refractivity contribution in [3.63, 3.8) is 0 Å². The summed E-state index contributed by atoms with van der Waals surface area (Å²) in [4.78, 5) is 0.119. The van der Waals surface area contributed by atoms with E-state index in [1.54, 1.807) is 6.07 Å². The molecule has 0 fully saturated rings. The molecule has 0 bridgehead atoms. The van der Waals surface area contributed by atoms with Gasteiger partial charge >= 0.3 is 6.36 Å². The van der Waals surface area contributed by atoms with Crippen molar-refractivity contribution < 1.29 is 17.9 Å². The van der Waals surface area contributed by atoms with E-state index in [4.69, 9.17) is 5.73 Å². The second-order valence-corrected chi connectivity index (χ2v) is 3.32. The van der Waals surface area contributed by atoms with E-state index in [9.17, 15) is 13.2 Å². The van der Waals surface area contributed by atoms with Crippen molar-refractivity contribution in [1.29, 1.82) is 0 Å². The van der Waals surface area contributed by atoms with Gasteiger partial charge in [0.25, 0.3) is 0 Å². The highest BCUT2D eigenvalue weighted by Gasteiger charge is 2.31. The molecule has 0 spiro atoms. The van der Waals surface area contributed by atoms with Gasteiger partial charge < -0.3 is 10.5 Å². The number of nitrogens with two attached hydrogens (primary N) is 1. The summed E-state index contributed by atoms with van der Waals surface area (Å²) in [6.45, 7) is 0. The van der Waals surface area contributed by atoms with Crippen molar-refractivity contribution in [2.75, 3.05) is 0 Å². The smallest absolute Gasteiger partial charge is 0.405 e. The third kappa shape index (κ3) is 4.16. The van der Waals surface area contributed by atoms with Gasteiger partial charge in [0.1, 0.15) is 5.75 Å². The van der Waals surface area contributed by atoms with Gasteiger partial charge in [-0.25, -0.2) is 0 Å². The molecule has 1 aromatic carbocycles. The molecular formula is C9H8F3NOS. The minimum atomic E-state index is -4.70. The first kappa shape index (κ1) is 11.8. The van der Waals surface area contributed by atoms with Gasteiger partial charge in [-0.15, -0.1) is 13.2 Å². The Hall–Kier alpha value is -1.30. The molecule has 0 aromatic heterocycles. The highest BCUT2D eigenvalue weighted by atomic mass is 32.1. The Labute approximate surface area is 89.8 Å². The molecule has 82 valence electrons. The summed E-state index contributed by atoms with van der Waals surface area (Å²) in [5.41, 5.74) is 5.57. The number of halogens is 3. The Kier molecular flexibility index (Phi) is 3.52. The van der Waals surface area contributed by atoms with E-state index in [-0.39, 0.29) is 17.2 Å². The van der Waals surface area contributed by atoms with E-state index in [2.05, 4.69) is 17.0 Å². The van der Waals surface area contributed by atoms with Crippen molar-refractivity contribution >= 4 is 17.2 Å². The fourth-order valence-corrected chi connectivity index (χ4v) is 1.22. The van der Waals surface area contributed by atoms with Crippen LogP contribution in [0, 0.1) is 0 Å².